The Balaban J connectivity index is 1.81. The third-order valence-corrected chi connectivity index (χ3v) is 7.48. The number of hydroxylamine groups is 1. The fraction of sp³-hybridized carbons (Fsp3) is 0.143. The number of carbonyl (C=O) groups is 1. The highest BCUT2D eigenvalue weighted by Crippen LogP contribution is 2.27. The van der Waals surface area contributed by atoms with Crippen LogP contribution >= 0.6 is 11.8 Å². The SMILES string of the molecule is O=C(NO)C(O)(CSc1ccccc1)CS(=O)(=O)c1ccc(-c2ccncc2)cc1. The summed E-state index contributed by atoms with van der Waals surface area (Å²) in [7, 11) is -4.02. The van der Waals surface area contributed by atoms with Gasteiger partial charge in [0.25, 0.3) is 5.91 Å². The summed E-state index contributed by atoms with van der Waals surface area (Å²) in [6.45, 7) is 0. The van der Waals surface area contributed by atoms with E-state index in [1.165, 1.54) is 17.6 Å². The molecule has 1 aromatic heterocycles. The fourth-order valence-electron chi connectivity index (χ4n) is 2.79. The molecule has 0 saturated carbocycles. The summed E-state index contributed by atoms with van der Waals surface area (Å²) in [5.74, 6) is -2.30. The fourth-order valence-corrected chi connectivity index (χ4v) is 5.49. The Labute approximate surface area is 178 Å². The molecule has 1 atom stereocenters. The predicted molar refractivity (Wildman–Crippen MR) is 114 cm³/mol. The largest absolute Gasteiger partial charge is 0.378 e. The molecule has 0 spiro atoms. The zero-order valence-electron chi connectivity index (χ0n) is 15.8. The summed E-state index contributed by atoms with van der Waals surface area (Å²) in [5, 5.41) is 19.8. The minimum atomic E-state index is -4.02. The van der Waals surface area contributed by atoms with Crippen LogP contribution in [-0.4, -0.2) is 46.7 Å². The zero-order valence-corrected chi connectivity index (χ0v) is 17.4. The van der Waals surface area contributed by atoms with E-state index in [0.717, 1.165) is 27.8 Å². The van der Waals surface area contributed by atoms with Crippen molar-refractivity contribution in [1.29, 1.82) is 0 Å². The van der Waals surface area contributed by atoms with Crippen LogP contribution in [0, 0.1) is 0 Å². The molecule has 9 heteroatoms. The smallest absolute Gasteiger partial charge is 0.277 e. The number of sulfone groups is 1. The van der Waals surface area contributed by atoms with Gasteiger partial charge in [0.05, 0.1) is 10.6 Å². The lowest BCUT2D eigenvalue weighted by Crippen LogP contribution is -2.52. The van der Waals surface area contributed by atoms with E-state index in [-0.39, 0.29) is 10.6 Å². The van der Waals surface area contributed by atoms with Crippen LogP contribution in [0.1, 0.15) is 0 Å². The lowest BCUT2D eigenvalue weighted by Gasteiger charge is -2.25. The van der Waals surface area contributed by atoms with Gasteiger partial charge in [0.15, 0.2) is 15.4 Å². The van der Waals surface area contributed by atoms with Crippen molar-refractivity contribution in [3.8, 4) is 11.1 Å². The molecule has 1 amide bonds. The van der Waals surface area contributed by atoms with E-state index in [9.17, 15) is 18.3 Å². The number of carbonyl (C=O) groups excluding carboxylic acids is 1. The number of benzene rings is 2. The first-order valence-corrected chi connectivity index (χ1v) is 11.6. The third kappa shape index (κ3) is 5.25. The molecule has 0 aliphatic carbocycles. The van der Waals surface area contributed by atoms with Crippen LogP contribution < -0.4 is 5.48 Å². The Morgan fingerprint density at radius 3 is 2.17 bits per heavy atom. The molecule has 3 aromatic rings. The Morgan fingerprint density at radius 1 is 0.967 bits per heavy atom. The highest BCUT2D eigenvalue weighted by Gasteiger charge is 2.41. The first-order valence-electron chi connectivity index (χ1n) is 8.92. The molecule has 0 aliphatic rings. The average molecular weight is 445 g/mol. The van der Waals surface area contributed by atoms with Crippen LogP contribution in [0.3, 0.4) is 0 Å². The first-order chi connectivity index (χ1) is 14.3. The first kappa shape index (κ1) is 22.0. The number of thioether (sulfide) groups is 1. The lowest BCUT2D eigenvalue weighted by atomic mass is 10.1. The minimum Gasteiger partial charge on any atom is -0.378 e. The molecule has 30 heavy (non-hydrogen) atoms. The summed E-state index contributed by atoms with van der Waals surface area (Å²) in [5.41, 5.74) is 0.736. The van der Waals surface area contributed by atoms with Crippen LogP contribution in [0.2, 0.25) is 0 Å². The number of rotatable bonds is 8. The number of aliphatic hydroxyl groups is 1. The predicted octanol–water partition coefficient (Wildman–Crippen LogP) is 2.55. The Bertz CT molecular complexity index is 1090. The van der Waals surface area contributed by atoms with Crippen LogP contribution in [0.5, 0.6) is 0 Å². The Kier molecular flexibility index (Phi) is 6.88. The van der Waals surface area contributed by atoms with Crippen molar-refractivity contribution in [3.05, 3.63) is 79.1 Å². The van der Waals surface area contributed by atoms with Crippen molar-refractivity contribution in [1.82, 2.24) is 10.5 Å². The minimum absolute atomic E-state index is 0.0332. The van der Waals surface area contributed by atoms with Crippen molar-refractivity contribution < 1.29 is 23.5 Å². The maximum absolute atomic E-state index is 12.9. The van der Waals surface area contributed by atoms with Gasteiger partial charge in [-0.3, -0.25) is 15.0 Å². The van der Waals surface area contributed by atoms with Gasteiger partial charge in [0, 0.05) is 23.0 Å². The van der Waals surface area contributed by atoms with Gasteiger partial charge in [-0.25, -0.2) is 13.9 Å². The molecule has 2 aromatic carbocycles. The number of nitrogens with zero attached hydrogens (tertiary/aromatic N) is 1. The molecule has 7 nitrogen and oxygen atoms in total. The average Bonchev–Trinajstić information content (AvgIpc) is 2.78. The number of nitrogens with one attached hydrogen (secondary N) is 1. The second kappa shape index (κ2) is 9.40. The van der Waals surface area contributed by atoms with Crippen molar-refractivity contribution in [3.63, 3.8) is 0 Å². The molecule has 3 rings (SSSR count). The van der Waals surface area contributed by atoms with Crippen LogP contribution in [0.25, 0.3) is 11.1 Å². The summed E-state index contributed by atoms with van der Waals surface area (Å²) in [4.78, 5) is 16.8. The number of hydrogen-bond donors (Lipinski definition) is 3. The molecule has 0 aliphatic heterocycles. The van der Waals surface area contributed by atoms with Gasteiger partial charge in [-0.1, -0.05) is 30.3 Å². The van der Waals surface area contributed by atoms with E-state index < -0.39 is 27.1 Å². The summed E-state index contributed by atoms with van der Waals surface area (Å²) < 4.78 is 25.8. The molecule has 1 heterocycles. The van der Waals surface area contributed by atoms with E-state index in [1.807, 2.05) is 6.07 Å². The Hall–Kier alpha value is -2.72. The molecular weight excluding hydrogens is 424 g/mol. The molecule has 1 unspecified atom stereocenters. The summed E-state index contributed by atoms with van der Waals surface area (Å²) in [6.07, 6.45) is 3.27. The normalized spacial score (nSPS) is 13.4. The molecular formula is C21H20N2O5S2. The quantitative estimate of drug-likeness (QED) is 0.278. The van der Waals surface area contributed by atoms with E-state index >= 15 is 0 Å². The number of pyridine rings is 1. The topological polar surface area (TPSA) is 117 Å². The molecule has 0 radical (unpaired) electrons. The molecule has 0 bridgehead atoms. The van der Waals surface area contributed by atoms with E-state index in [4.69, 9.17) is 5.21 Å². The maximum atomic E-state index is 12.9. The maximum Gasteiger partial charge on any atom is 0.277 e. The van der Waals surface area contributed by atoms with Crippen molar-refractivity contribution >= 4 is 27.5 Å². The van der Waals surface area contributed by atoms with Gasteiger partial charge in [0.2, 0.25) is 0 Å². The van der Waals surface area contributed by atoms with Crippen molar-refractivity contribution in [2.24, 2.45) is 0 Å². The van der Waals surface area contributed by atoms with Gasteiger partial charge in [-0.15, -0.1) is 11.8 Å². The van der Waals surface area contributed by atoms with E-state index in [0.29, 0.717) is 0 Å². The molecule has 156 valence electrons. The van der Waals surface area contributed by atoms with Gasteiger partial charge in [0.1, 0.15) is 0 Å². The van der Waals surface area contributed by atoms with Gasteiger partial charge in [-0.2, -0.15) is 0 Å². The number of amides is 1. The van der Waals surface area contributed by atoms with E-state index in [1.54, 1.807) is 60.9 Å². The molecule has 0 fully saturated rings. The van der Waals surface area contributed by atoms with Crippen LogP contribution in [0.4, 0.5) is 0 Å². The lowest BCUT2D eigenvalue weighted by molar-refractivity contribution is -0.144. The van der Waals surface area contributed by atoms with Gasteiger partial charge < -0.3 is 5.11 Å². The van der Waals surface area contributed by atoms with Gasteiger partial charge >= 0.3 is 0 Å². The van der Waals surface area contributed by atoms with Crippen LogP contribution in [0.15, 0.2) is 88.9 Å². The summed E-state index contributed by atoms with van der Waals surface area (Å²) in [6, 6.07) is 18.7. The number of aromatic nitrogens is 1. The highest BCUT2D eigenvalue weighted by atomic mass is 32.2. The van der Waals surface area contributed by atoms with Crippen LogP contribution in [-0.2, 0) is 14.6 Å². The second-order valence-electron chi connectivity index (χ2n) is 6.59. The van der Waals surface area contributed by atoms with E-state index in [2.05, 4.69) is 4.98 Å². The third-order valence-electron chi connectivity index (χ3n) is 4.40. The Morgan fingerprint density at radius 2 is 1.57 bits per heavy atom. The second-order valence-corrected chi connectivity index (χ2v) is 9.63. The molecule has 0 saturated heterocycles. The monoisotopic (exact) mass is 444 g/mol. The zero-order chi connectivity index (χ0) is 21.6. The summed E-state index contributed by atoms with van der Waals surface area (Å²) >= 11 is 1.11. The highest BCUT2D eigenvalue weighted by molar-refractivity contribution is 7.99. The standard InChI is InChI=1S/C21H20N2O5S2/c24-20(23-26)21(25,14-29-18-4-2-1-3-5-18)15-30(27,28)19-8-6-16(7-9-19)17-10-12-22-13-11-17/h1-13,25-26H,14-15H2,(H,23,24). The van der Waals surface area contributed by atoms with Crippen molar-refractivity contribution in [2.45, 2.75) is 15.4 Å². The van der Waals surface area contributed by atoms with Crippen molar-refractivity contribution in [2.75, 3.05) is 11.5 Å². The molecule has 3 N–H and O–H groups in total. The number of hydrogen-bond acceptors (Lipinski definition) is 7. The van der Waals surface area contributed by atoms with Gasteiger partial charge in [-0.05, 0) is 47.5 Å².